The van der Waals surface area contributed by atoms with Gasteiger partial charge in [0.05, 0.1) is 28.8 Å². The molecule has 39 heavy (non-hydrogen) atoms. The van der Waals surface area contributed by atoms with Gasteiger partial charge in [-0.25, -0.2) is 0 Å². The average Bonchev–Trinajstić information content (AvgIpc) is 3.54. The zero-order chi connectivity index (χ0) is 27.1. The number of carbonyl (C=O) groups excluding carboxylic acids is 1. The van der Waals surface area contributed by atoms with Crippen molar-refractivity contribution in [1.29, 1.82) is 0 Å². The van der Waals surface area contributed by atoms with Gasteiger partial charge in [-0.05, 0) is 66.1 Å². The summed E-state index contributed by atoms with van der Waals surface area (Å²) in [5.74, 6) is -0.495. The van der Waals surface area contributed by atoms with Crippen LogP contribution in [-0.4, -0.2) is 65.6 Å². The molecule has 1 N–H and O–H groups in total. The number of aliphatic carboxylic acids is 1. The predicted octanol–water partition coefficient (Wildman–Crippen LogP) is 5.52. The lowest BCUT2D eigenvalue weighted by Crippen LogP contribution is -2.36. The van der Waals surface area contributed by atoms with Gasteiger partial charge >= 0.3 is 5.97 Å². The first-order valence-corrected chi connectivity index (χ1v) is 14.6. The van der Waals surface area contributed by atoms with E-state index in [1.807, 2.05) is 12.3 Å². The number of pyridine rings is 1. The second kappa shape index (κ2) is 10.5. The highest BCUT2D eigenvalue weighted by molar-refractivity contribution is 7.19. The minimum Gasteiger partial charge on any atom is -0.480 e. The van der Waals surface area contributed by atoms with Crippen LogP contribution in [0.25, 0.3) is 22.4 Å². The van der Waals surface area contributed by atoms with E-state index in [9.17, 15) is 14.7 Å². The van der Waals surface area contributed by atoms with Crippen LogP contribution in [0.3, 0.4) is 0 Å². The summed E-state index contributed by atoms with van der Waals surface area (Å²) >= 11 is 1.64. The Morgan fingerprint density at radius 1 is 1.13 bits per heavy atom. The first kappa shape index (κ1) is 26.2. The summed E-state index contributed by atoms with van der Waals surface area (Å²) in [7, 11) is 0. The third-order valence-electron chi connectivity index (χ3n) is 8.14. The Hall–Kier alpha value is -3.07. The fourth-order valence-electron chi connectivity index (χ4n) is 6.29. The Morgan fingerprint density at radius 2 is 1.95 bits per heavy atom. The lowest BCUT2D eigenvalue weighted by molar-refractivity contribution is -0.142. The summed E-state index contributed by atoms with van der Waals surface area (Å²) in [6.07, 6.45) is 4.93. The number of ether oxygens (including phenoxy) is 1. The summed E-state index contributed by atoms with van der Waals surface area (Å²) in [5.41, 5.74) is 6.31. The molecule has 2 fully saturated rings. The molecule has 204 valence electrons. The topological polar surface area (TPSA) is 83.0 Å². The monoisotopic (exact) mass is 545 g/mol. The molecule has 0 unspecified atom stereocenters. The molecule has 3 aromatic rings. The highest BCUT2D eigenvalue weighted by atomic mass is 32.1. The first-order chi connectivity index (χ1) is 18.8. The lowest BCUT2D eigenvalue weighted by atomic mass is 9.75. The smallest absolute Gasteiger partial charge is 0.320 e. The van der Waals surface area contributed by atoms with Crippen LogP contribution in [0.2, 0.25) is 0 Å². The van der Waals surface area contributed by atoms with Crippen molar-refractivity contribution in [3.05, 3.63) is 58.6 Å². The predicted molar refractivity (Wildman–Crippen MR) is 154 cm³/mol. The molecule has 7 nitrogen and oxygen atoms in total. The van der Waals surface area contributed by atoms with E-state index >= 15 is 0 Å². The molecule has 6 rings (SSSR count). The van der Waals surface area contributed by atoms with Gasteiger partial charge in [-0.15, -0.1) is 11.3 Å². The normalized spacial score (nSPS) is 21.2. The summed E-state index contributed by atoms with van der Waals surface area (Å²) in [6, 6.07) is 12.1. The number of thiophene rings is 1. The maximum absolute atomic E-state index is 13.2. The van der Waals surface area contributed by atoms with Gasteiger partial charge in [-0.2, -0.15) is 0 Å². The highest BCUT2D eigenvalue weighted by Gasteiger charge is 2.37. The third kappa shape index (κ3) is 5.25. The van der Waals surface area contributed by atoms with E-state index in [4.69, 9.17) is 9.72 Å². The summed E-state index contributed by atoms with van der Waals surface area (Å²) < 4.78 is 5.63. The van der Waals surface area contributed by atoms with E-state index in [2.05, 4.69) is 54.0 Å². The zero-order valence-electron chi connectivity index (χ0n) is 22.6. The quantitative estimate of drug-likeness (QED) is 0.437. The second-order valence-corrected chi connectivity index (χ2v) is 12.7. The van der Waals surface area contributed by atoms with E-state index < -0.39 is 12.0 Å². The number of carbonyl (C=O) groups is 2. The minimum absolute atomic E-state index is 0.0736. The van der Waals surface area contributed by atoms with Gasteiger partial charge in [0.15, 0.2) is 5.78 Å². The molecule has 0 radical (unpaired) electrons. The number of aromatic nitrogens is 1. The molecule has 4 heterocycles. The number of fused-ring (bicyclic) bond motifs is 1. The lowest BCUT2D eigenvalue weighted by Gasteiger charge is -2.30. The standard InChI is InChI=1S/C31H35N3O4S/c1-31(2)17-23-27(29(33-11-13-38-14-12-33)39-28(23)26(35)18-31)22-8-9-32-24(16-22)21-6-3-5-20(15-21)19-34-10-4-7-25(34)30(36)37/h3,5-6,8-9,15-16,25H,4,7,10-14,17-19H2,1-2H3,(H,36,37)/t25-/m0/s1. The van der Waals surface area contributed by atoms with E-state index in [1.165, 1.54) is 11.1 Å². The molecule has 0 spiro atoms. The molecule has 8 heteroatoms. The molecule has 1 aromatic carbocycles. The number of ketones is 1. The number of anilines is 1. The van der Waals surface area contributed by atoms with E-state index in [1.54, 1.807) is 11.3 Å². The van der Waals surface area contributed by atoms with Crippen molar-refractivity contribution in [1.82, 2.24) is 9.88 Å². The van der Waals surface area contributed by atoms with Gasteiger partial charge in [0, 0.05) is 43.4 Å². The van der Waals surface area contributed by atoms with Crippen molar-refractivity contribution in [2.24, 2.45) is 5.41 Å². The molecule has 0 amide bonds. The van der Waals surface area contributed by atoms with Crippen molar-refractivity contribution in [2.75, 3.05) is 37.7 Å². The van der Waals surface area contributed by atoms with Gasteiger partial charge in [0.25, 0.3) is 0 Å². The minimum atomic E-state index is -0.741. The number of hydrogen-bond donors (Lipinski definition) is 1. The van der Waals surface area contributed by atoms with Crippen LogP contribution < -0.4 is 4.90 Å². The zero-order valence-corrected chi connectivity index (χ0v) is 23.4. The van der Waals surface area contributed by atoms with Crippen LogP contribution in [0, 0.1) is 5.41 Å². The molecule has 0 saturated carbocycles. The van der Waals surface area contributed by atoms with Crippen LogP contribution in [0.15, 0.2) is 42.6 Å². The molecule has 2 aliphatic heterocycles. The number of hydrogen-bond acceptors (Lipinski definition) is 7. The summed E-state index contributed by atoms with van der Waals surface area (Å²) in [4.78, 5) is 35.0. The Balaban J connectivity index is 1.37. The number of Topliss-reactive ketones (excluding diaryl/α,β-unsaturated/α-hetero) is 1. The fraction of sp³-hybridized carbons (Fsp3) is 0.452. The summed E-state index contributed by atoms with van der Waals surface area (Å²) in [5, 5.41) is 10.7. The van der Waals surface area contributed by atoms with Gasteiger partial charge in [-0.1, -0.05) is 32.0 Å². The van der Waals surface area contributed by atoms with Crippen LogP contribution in [-0.2, 0) is 22.5 Å². The van der Waals surface area contributed by atoms with Crippen molar-refractivity contribution < 1.29 is 19.4 Å². The van der Waals surface area contributed by atoms with Gasteiger partial charge in [0.1, 0.15) is 6.04 Å². The van der Waals surface area contributed by atoms with E-state index in [0.717, 1.165) is 64.7 Å². The highest BCUT2D eigenvalue weighted by Crippen LogP contribution is 2.49. The molecule has 2 aromatic heterocycles. The maximum atomic E-state index is 13.2. The number of morpholine rings is 1. The van der Waals surface area contributed by atoms with Gasteiger partial charge in [0.2, 0.25) is 0 Å². The number of carboxylic acids is 1. The number of nitrogens with zero attached hydrogens (tertiary/aromatic N) is 3. The van der Waals surface area contributed by atoms with Crippen LogP contribution >= 0.6 is 11.3 Å². The van der Waals surface area contributed by atoms with Crippen LogP contribution in [0.5, 0.6) is 0 Å². The van der Waals surface area contributed by atoms with Crippen LogP contribution in [0.4, 0.5) is 5.00 Å². The SMILES string of the molecule is CC1(C)CC(=O)c2sc(N3CCOCC3)c(-c3ccnc(-c4cccc(CN5CCC[C@H]5C(=O)O)c4)c3)c2C1. The molecule has 0 bridgehead atoms. The fourth-order valence-corrected chi connectivity index (χ4v) is 7.62. The average molecular weight is 546 g/mol. The molecule has 3 aliphatic rings. The molecule has 1 aliphatic carbocycles. The van der Waals surface area contributed by atoms with Crippen LogP contribution in [0.1, 0.15) is 53.9 Å². The van der Waals surface area contributed by atoms with Gasteiger partial charge in [-0.3, -0.25) is 19.5 Å². The van der Waals surface area contributed by atoms with Crippen molar-refractivity contribution in [3.63, 3.8) is 0 Å². The van der Waals surface area contributed by atoms with Crippen molar-refractivity contribution >= 4 is 28.1 Å². The molecular weight excluding hydrogens is 510 g/mol. The Kier molecular flexibility index (Phi) is 7.04. The number of rotatable bonds is 6. The number of carboxylic acid groups (broad SMARTS) is 1. The number of likely N-dealkylation sites (tertiary alicyclic amines) is 1. The largest absolute Gasteiger partial charge is 0.480 e. The number of benzene rings is 1. The maximum Gasteiger partial charge on any atom is 0.320 e. The Labute approximate surface area is 233 Å². The van der Waals surface area contributed by atoms with E-state index in [0.29, 0.717) is 32.6 Å². The molecule has 2 saturated heterocycles. The van der Waals surface area contributed by atoms with E-state index in [-0.39, 0.29) is 11.2 Å². The second-order valence-electron chi connectivity index (χ2n) is 11.7. The van der Waals surface area contributed by atoms with Crippen molar-refractivity contribution in [3.8, 4) is 22.4 Å². The van der Waals surface area contributed by atoms with Crippen molar-refractivity contribution in [2.45, 2.75) is 52.1 Å². The first-order valence-electron chi connectivity index (χ1n) is 13.8. The Bertz CT molecular complexity index is 1410. The summed E-state index contributed by atoms with van der Waals surface area (Å²) in [6.45, 7) is 8.80. The molecule has 1 atom stereocenters. The van der Waals surface area contributed by atoms with Gasteiger partial charge < -0.3 is 14.7 Å². The Morgan fingerprint density at radius 3 is 2.74 bits per heavy atom. The third-order valence-corrected chi connectivity index (χ3v) is 9.47. The molecular formula is C31H35N3O4S.